The van der Waals surface area contributed by atoms with Gasteiger partial charge in [0.15, 0.2) is 0 Å². The number of hydrogen-bond acceptors (Lipinski definition) is 0. The van der Waals surface area contributed by atoms with Crippen LogP contribution in [0.3, 0.4) is 0 Å². The van der Waals surface area contributed by atoms with Crippen LogP contribution in [0.1, 0.15) is 121 Å². The van der Waals surface area contributed by atoms with Crippen LogP contribution in [0.15, 0.2) is 0 Å². The van der Waals surface area contributed by atoms with Gasteiger partial charge in [0.25, 0.3) is 0 Å². The lowest BCUT2D eigenvalue weighted by atomic mass is 9.81. The molecule has 0 heteroatoms. The van der Waals surface area contributed by atoms with Crippen molar-refractivity contribution in [3.63, 3.8) is 0 Å². The molecule has 1 saturated carbocycles. The third-order valence-corrected chi connectivity index (χ3v) is 5.43. The predicted molar refractivity (Wildman–Crippen MR) is 103 cm³/mol. The van der Waals surface area contributed by atoms with Gasteiger partial charge in [-0.1, -0.05) is 114 Å². The van der Waals surface area contributed by atoms with Gasteiger partial charge in [-0.2, -0.15) is 0 Å². The van der Waals surface area contributed by atoms with Gasteiger partial charge >= 0.3 is 0 Å². The Bertz CT molecular complexity index is 168. The second-order valence-corrected chi connectivity index (χ2v) is 6.54. The van der Waals surface area contributed by atoms with Gasteiger partial charge < -0.3 is 0 Å². The smallest absolute Gasteiger partial charge is 0.0331 e. The normalized spacial score (nSPS) is 20.6. The first-order valence-corrected chi connectivity index (χ1v) is 9.56. The molecule has 0 saturated heterocycles. The summed E-state index contributed by atoms with van der Waals surface area (Å²) in [6.45, 7) is 17.9. The van der Waals surface area contributed by atoms with E-state index in [0.29, 0.717) is 5.41 Å². The molecule has 1 aliphatic rings. The molecule has 21 heavy (non-hydrogen) atoms. The van der Waals surface area contributed by atoms with E-state index in [4.69, 9.17) is 0 Å². The molecule has 0 radical (unpaired) electrons. The number of hydrogen-bond donors (Lipinski definition) is 0. The molecule has 0 amide bonds. The van der Waals surface area contributed by atoms with Crippen LogP contribution in [0.25, 0.3) is 0 Å². The fraction of sp³-hybridized carbons (Fsp3) is 1.00. The van der Waals surface area contributed by atoms with E-state index in [0.717, 1.165) is 11.8 Å². The van der Waals surface area contributed by atoms with Gasteiger partial charge in [-0.05, 0) is 23.7 Å². The highest BCUT2D eigenvalue weighted by atomic mass is 14.3. The third kappa shape index (κ3) is 11.2. The Labute approximate surface area is 138 Å². The maximum absolute atomic E-state index is 2.39. The van der Waals surface area contributed by atoms with Crippen LogP contribution >= 0.6 is 0 Å². The molecule has 0 aromatic carbocycles. The summed E-state index contributed by atoms with van der Waals surface area (Å²) in [6, 6.07) is 0. The fourth-order valence-electron chi connectivity index (χ4n) is 3.40. The Morgan fingerprint density at radius 2 is 1.19 bits per heavy atom. The van der Waals surface area contributed by atoms with E-state index in [2.05, 4.69) is 41.5 Å². The first kappa shape index (κ1) is 25.9. The van der Waals surface area contributed by atoms with Crippen molar-refractivity contribution < 1.29 is 0 Å². The van der Waals surface area contributed by atoms with Crippen LogP contribution in [-0.4, -0.2) is 0 Å². The van der Waals surface area contributed by atoms with Crippen molar-refractivity contribution in [3.8, 4) is 0 Å². The molecule has 0 aliphatic heterocycles. The van der Waals surface area contributed by atoms with Crippen LogP contribution in [0.4, 0.5) is 0 Å². The molecule has 0 aromatic rings. The van der Waals surface area contributed by atoms with Gasteiger partial charge in [-0.3, -0.25) is 0 Å². The van der Waals surface area contributed by atoms with Crippen LogP contribution < -0.4 is 0 Å². The number of rotatable bonds is 6. The lowest BCUT2D eigenvalue weighted by Crippen LogP contribution is -2.12. The maximum Gasteiger partial charge on any atom is -0.0331 e. The van der Waals surface area contributed by atoms with E-state index in [1.807, 2.05) is 13.8 Å². The van der Waals surface area contributed by atoms with E-state index < -0.39 is 0 Å². The molecule has 2 atom stereocenters. The molecule has 0 nitrogen and oxygen atoms in total. The molecule has 1 rings (SSSR count). The topological polar surface area (TPSA) is 0 Å². The highest BCUT2D eigenvalue weighted by Crippen LogP contribution is 2.35. The Kier molecular flexibility index (Phi) is 20.2. The van der Waals surface area contributed by atoms with Crippen molar-refractivity contribution >= 4 is 0 Å². The summed E-state index contributed by atoms with van der Waals surface area (Å²) in [5.74, 6) is 2.16. The lowest BCUT2D eigenvalue weighted by molar-refractivity contribution is 0.270. The Balaban J connectivity index is -0.000000264. The zero-order valence-electron chi connectivity index (χ0n) is 16.0. The molecule has 0 heterocycles. The van der Waals surface area contributed by atoms with E-state index in [1.54, 1.807) is 0 Å². The van der Waals surface area contributed by atoms with Crippen LogP contribution in [0.2, 0.25) is 0 Å². The Morgan fingerprint density at radius 1 is 0.810 bits per heavy atom. The SMILES string of the molecule is C.CC.CCC1CCCC1CC.CCCC(C)(CC)CC. The molecule has 2 unspecified atom stereocenters. The lowest BCUT2D eigenvalue weighted by Gasteiger charge is -2.25. The summed E-state index contributed by atoms with van der Waals surface area (Å²) in [6.07, 6.45) is 12.7. The highest BCUT2D eigenvalue weighted by Gasteiger charge is 2.23. The average molecular weight is 301 g/mol. The molecule has 0 bridgehead atoms. The van der Waals surface area contributed by atoms with E-state index in [9.17, 15) is 0 Å². The van der Waals surface area contributed by atoms with E-state index >= 15 is 0 Å². The summed E-state index contributed by atoms with van der Waals surface area (Å²) in [5.41, 5.74) is 0.634. The molecular formula is C21H48. The molecule has 0 N–H and O–H groups in total. The molecule has 0 aromatic heterocycles. The largest absolute Gasteiger partial charge is 0.0776 e. The first-order chi connectivity index (χ1) is 9.56. The fourth-order valence-corrected chi connectivity index (χ4v) is 3.40. The third-order valence-electron chi connectivity index (χ3n) is 5.43. The van der Waals surface area contributed by atoms with Crippen molar-refractivity contribution in [1.29, 1.82) is 0 Å². The van der Waals surface area contributed by atoms with Gasteiger partial charge in [-0.25, -0.2) is 0 Å². The second-order valence-electron chi connectivity index (χ2n) is 6.54. The summed E-state index contributed by atoms with van der Waals surface area (Å²) >= 11 is 0. The summed E-state index contributed by atoms with van der Waals surface area (Å²) < 4.78 is 0. The molecule has 132 valence electrons. The summed E-state index contributed by atoms with van der Waals surface area (Å²) in [7, 11) is 0. The van der Waals surface area contributed by atoms with Crippen molar-refractivity contribution in [1.82, 2.24) is 0 Å². The summed E-state index contributed by atoms with van der Waals surface area (Å²) in [5, 5.41) is 0. The minimum atomic E-state index is 0. The molecular weight excluding hydrogens is 252 g/mol. The molecule has 1 aliphatic carbocycles. The van der Waals surface area contributed by atoms with Crippen LogP contribution in [0.5, 0.6) is 0 Å². The van der Waals surface area contributed by atoms with Crippen molar-refractivity contribution in [2.75, 3.05) is 0 Å². The van der Waals surface area contributed by atoms with Crippen molar-refractivity contribution in [2.45, 2.75) is 121 Å². The molecule has 1 fully saturated rings. The van der Waals surface area contributed by atoms with Gasteiger partial charge in [0.2, 0.25) is 0 Å². The van der Waals surface area contributed by atoms with E-state index in [1.165, 1.54) is 57.8 Å². The van der Waals surface area contributed by atoms with E-state index in [-0.39, 0.29) is 7.43 Å². The minimum absolute atomic E-state index is 0. The zero-order valence-corrected chi connectivity index (χ0v) is 16.0. The quantitative estimate of drug-likeness (QED) is 0.461. The van der Waals surface area contributed by atoms with Crippen molar-refractivity contribution in [2.24, 2.45) is 17.3 Å². The second kappa shape index (κ2) is 16.4. The van der Waals surface area contributed by atoms with Gasteiger partial charge in [0, 0.05) is 0 Å². The van der Waals surface area contributed by atoms with Crippen molar-refractivity contribution in [3.05, 3.63) is 0 Å². The maximum atomic E-state index is 2.39. The molecule has 0 spiro atoms. The zero-order chi connectivity index (χ0) is 16.0. The predicted octanol–water partition coefficient (Wildman–Crippen LogP) is 8.50. The minimum Gasteiger partial charge on any atom is -0.0776 e. The monoisotopic (exact) mass is 300 g/mol. The van der Waals surface area contributed by atoms with Crippen LogP contribution in [0, 0.1) is 17.3 Å². The highest BCUT2D eigenvalue weighted by molar-refractivity contribution is 4.74. The standard InChI is InChI=1S/C9H18.C9H20.C2H6.CH4/c1-3-8-6-5-7-9(8)4-2;1-5-8-9(4,6-2)7-3;1-2;/h8-9H,3-7H2,1-2H3;5-8H2,1-4H3;1-2H3;1H4. The summed E-state index contributed by atoms with van der Waals surface area (Å²) in [4.78, 5) is 0. The Morgan fingerprint density at radius 3 is 1.38 bits per heavy atom. The van der Waals surface area contributed by atoms with Gasteiger partial charge in [-0.15, -0.1) is 0 Å². The van der Waals surface area contributed by atoms with Crippen LogP contribution in [-0.2, 0) is 0 Å². The Hall–Kier alpha value is 0. The van der Waals surface area contributed by atoms with Gasteiger partial charge in [0.1, 0.15) is 0 Å². The average Bonchev–Trinajstić information content (AvgIpc) is 2.97. The first-order valence-electron chi connectivity index (χ1n) is 9.56. The van der Waals surface area contributed by atoms with Gasteiger partial charge in [0.05, 0.1) is 0 Å².